The fourth-order valence-corrected chi connectivity index (χ4v) is 2.38. The fourth-order valence-electron chi connectivity index (χ4n) is 1.46. The van der Waals surface area contributed by atoms with E-state index in [0.717, 1.165) is 4.88 Å². The van der Waals surface area contributed by atoms with Gasteiger partial charge in [0.05, 0.1) is 12.2 Å². The molecule has 0 amide bonds. The maximum absolute atomic E-state index is 11.0. The minimum Gasteiger partial charge on any atom is -0.507 e. The second kappa shape index (κ2) is 5.24. The zero-order chi connectivity index (χ0) is 13.1. The molecule has 1 aromatic heterocycles. The summed E-state index contributed by atoms with van der Waals surface area (Å²) in [6.45, 7) is 0.397. The topological polar surface area (TPSA) is 82.5 Å². The largest absolute Gasteiger partial charge is 0.507 e. The molecule has 94 valence electrons. The van der Waals surface area contributed by atoms with Crippen LogP contribution in [-0.4, -0.2) is 21.2 Å². The molecular formula is C11H9ClN2O3S. The molecule has 0 aliphatic heterocycles. The Balaban J connectivity index is 2.19. The van der Waals surface area contributed by atoms with Gasteiger partial charge in [-0.3, -0.25) is 0 Å². The SMILES string of the molecule is O=C(O)c1c(O)cccc1NCc1cnc(Cl)s1. The minimum atomic E-state index is -1.18. The van der Waals surface area contributed by atoms with Gasteiger partial charge < -0.3 is 15.5 Å². The Morgan fingerprint density at radius 2 is 2.28 bits per heavy atom. The number of aromatic nitrogens is 1. The molecule has 1 aromatic carbocycles. The molecule has 0 radical (unpaired) electrons. The second-order valence-corrected chi connectivity index (χ2v) is 5.14. The van der Waals surface area contributed by atoms with Crippen LogP contribution in [0, 0.1) is 0 Å². The molecule has 0 spiro atoms. The summed E-state index contributed by atoms with van der Waals surface area (Å²) in [6.07, 6.45) is 1.61. The number of anilines is 1. The first-order chi connectivity index (χ1) is 8.58. The number of phenols is 1. The van der Waals surface area contributed by atoms with Crippen LogP contribution in [0.25, 0.3) is 0 Å². The highest BCUT2D eigenvalue weighted by molar-refractivity contribution is 7.15. The van der Waals surface area contributed by atoms with Crippen molar-refractivity contribution in [2.75, 3.05) is 5.32 Å². The maximum Gasteiger partial charge on any atom is 0.341 e. The molecule has 7 heteroatoms. The van der Waals surface area contributed by atoms with Crippen molar-refractivity contribution in [3.05, 3.63) is 39.3 Å². The van der Waals surface area contributed by atoms with Crippen molar-refractivity contribution in [1.29, 1.82) is 0 Å². The highest BCUT2D eigenvalue weighted by Crippen LogP contribution is 2.26. The number of halogens is 1. The quantitative estimate of drug-likeness (QED) is 0.804. The van der Waals surface area contributed by atoms with E-state index in [9.17, 15) is 9.90 Å². The van der Waals surface area contributed by atoms with Gasteiger partial charge in [0.15, 0.2) is 4.47 Å². The number of carboxylic acids is 1. The van der Waals surface area contributed by atoms with E-state index >= 15 is 0 Å². The first-order valence-corrected chi connectivity index (χ1v) is 6.16. The number of aromatic hydroxyl groups is 1. The standard InChI is InChI=1S/C11H9ClN2O3S/c12-11-14-5-6(18-11)4-13-7-2-1-3-8(15)9(7)10(16)17/h1-3,5,13,15H,4H2,(H,16,17). The summed E-state index contributed by atoms with van der Waals surface area (Å²) in [5.74, 6) is -1.45. The summed E-state index contributed by atoms with van der Waals surface area (Å²) >= 11 is 7.00. The molecule has 0 bridgehead atoms. The normalized spacial score (nSPS) is 10.3. The van der Waals surface area contributed by atoms with Gasteiger partial charge in [0.2, 0.25) is 0 Å². The van der Waals surface area contributed by atoms with E-state index in [-0.39, 0.29) is 11.3 Å². The first kappa shape index (κ1) is 12.7. The van der Waals surface area contributed by atoms with Gasteiger partial charge in [0.25, 0.3) is 0 Å². The number of hydrogen-bond acceptors (Lipinski definition) is 5. The van der Waals surface area contributed by atoms with Gasteiger partial charge in [-0.2, -0.15) is 0 Å². The predicted molar refractivity (Wildman–Crippen MR) is 69.5 cm³/mol. The van der Waals surface area contributed by atoms with Crippen LogP contribution in [0.1, 0.15) is 15.2 Å². The van der Waals surface area contributed by atoms with Crippen LogP contribution in [0.3, 0.4) is 0 Å². The average molecular weight is 285 g/mol. The van der Waals surface area contributed by atoms with Crippen molar-refractivity contribution in [3.63, 3.8) is 0 Å². The van der Waals surface area contributed by atoms with Crippen molar-refractivity contribution >= 4 is 34.6 Å². The number of nitrogens with one attached hydrogen (secondary N) is 1. The Labute approximate surface area is 112 Å². The lowest BCUT2D eigenvalue weighted by atomic mass is 10.1. The highest BCUT2D eigenvalue weighted by atomic mass is 35.5. The number of rotatable bonds is 4. The van der Waals surface area contributed by atoms with Crippen LogP contribution in [0.2, 0.25) is 4.47 Å². The van der Waals surface area contributed by atoms with Gasteiger partial charge >= 0.3 is 5.97 Å². The molecule has 0 aliphatic carbocycles. The first-order valence-electron chi connectivity index (χ1n) is 4.97. The summed E-state index contributed by atoms with van der Waals surface area (Å²) in [6, 6.07) is 4.49. The third kappa shape index (κ3) is 2.72. The molecule has 2 rings (SSSR count). The van der Waals surface area contributed by atoms with E-state index < -0.39 is 5.97 Å². The maximum atomic E-state index is 11.0. The van der Waals surface area contributed by atoms with Gasteiger partial charge in [-0.1, -0.05) is 17.7 Å². The third-order valence-corrected chi connectivity index (χ3v) is 3.35. The Morgan fingerprint density at radius 3 is 2.89 bits per heavy atom. The van der Waals surface area contributed by atoms with Gasteiger partial charge in [0, 0.05) is 11.1 Å². The van der Waals surface area contributed by atoms with Crippen molar-refractivity contribution < 1.29 is 15.0 Å². The number of hydrogen-bond donors (Lipinski definition) is 3. The molecule has 0 aliphatic rings. The Kier molecular flexibility index (Phi) is 3.69. The van der Waals surface area contributed by atoms with Crippen LogP contribution in [0.5, 0.6) is 5.75 Å². The van der Waals surface area contributed by atoms with Gasteiger partial charge in [-0.25, -0.2) is 9.78 Å². The van der Waals surface area contributed by atoms with Crippen LogP contribution < -0.4 is 5.32 Å². The van der Waals surface area contributed by atoms with Crippen molar-refractivity contribution in [3.8, 4) is 5.75 Å². The molecule has 1 heterocycles. The van der Waals surface area contributed by atoms with Crippen molar-refractivity contribution in [2.45, 2.75) is 6.54 Å². The molecule has 0 fully saturated rings. The molecular weight excluding hydrogens is 276 g/mol. The number of benzene rings is 1. The van der Waals surface area contributed by atoms with Gasteiger partial charge in [0.1, 0.15) is 11.3 Å². The third-order valence-electron chi connectivity index (χ3n) is 2.23. The molecule has 0 saturated heterocycles. The minimum absolute atomic E-state index is 0.145. The van der Waals surface area contributed by atoms with E-state index in [1.54, 1.807) is 18.3 Å². The van der Waals surface area contributed by atoms with E-state index in [2.05, 4.69) is 10.3 Å². The smallest absolute Gasteiger partial charge is 0.341 e. The summed E-state index contributed by atoms with van der Waals surface area (Å²) in [5, 5.41) is 21.5. The number of aromatic carboxylic acids is 1. The van der Waals surface area contributed by atoms with Crippen LogP contribution >= 0.6 is 22.9 Å². The van der Waals surface area contributed by atoms with Crippen LogP contribution in [0.15, 0.2) is 24.4 Å². The Morgan fingerprint density at radius 1 is 1.50 bits per heavy atom. The lowest BCUT2D eigenvalue weighted by Crippen LogP contribution is -2.05. The zero-order valence-electron chi connectivity index (χ0n) is 9.05. The van der Waals surface area contributed by atoms with E-state index in [1.807, 2.05) is 0 Å². The van der Waals surface area contributed by atoms with Crippen molar-refractivity contribution in [1.82, 2.24) is 4.98 Å². The number of thiazole rings is 1. The van der Waals surface area contributed by atoms with Gasteiger partial charge in [-0.15, -0.1) is 11.3 Å². The zero-order valence-corrected chi connectivity index (χ0v) is 10.6. The molecule has 0 unspecified atom stereocenters. The summed E-state index contributed by atoms with van der Waals surface area (Å²) in [4.78, 5) is 15.8. The van der Waals surface area contributed by atoms with Crippen LogP contribution in [-0.2, 0) is 6.54 Å². The summed E-state index contributed by atoms with van der Waals surface area (Å²) < 4.78 is 0.432. The van der Waals surface area contributed by atoms with E-state index in [4.69, 9.17) is 16.7 Å². The van der Waals surface area contributed by atoms with Crippen molar-refractivity contribution in [2.24, 2.45) is 0 Å². The summed E-state index contributed by atoms with van der Waals surface area (Å²) in [5.41, 5.74) is 0.208. The van der Waals surface area contributed by atoms with E-state index in [0.29, 0.717) is 16.7 Å². The molecule has 5 nitrogen and oxygen atoms in total. The van der Waals surface area contributed by atoms with Gasteiger partial charge in [-0.05, 0) is 12.1 Å². The van der Waals surface area contributed by atoms with E-state index in [1.165, 1.54) is 17.4 Å². The number of carbonyl (C=O) groups is 1. The second-order valence-electron chi connectivity index (χ2n) is 3.44. The Hall–Kier alpha value is -1.79. The molecule has 3 N–H and O–H groups in total. The lowest BCUT2D eigenvalue weighted by Gasteiger charge is -2.09. The molecule has 0 atom stereocenters. The Bertz CT molecular complexity index is 585. The summed E-state index contributed by atoms with van der Waals surface area (Å²) in [7, 11) is 0. The lowest BCUT2D eigenvalue weighted by molar-refractivity contribution is 0.0695. The average Bonchev–Trinajstić information content (AvgIpc) is 2.72. The molecule has 0 saturated carbocycles. The molecule has 18 heavy (non-hydrogen) atoms. The number of carboxylic acid groups (broad SMARTS) is 1. The highest BCUT2D eigenvalue weighted by Gasteiger charge is 2.14. The molecule has 2 aromatic rings. The predicted octanol–water partition coefficient (Wildman–Crippen LogP) is 2.81. The monoisotopic (exact) mass is 284 g/mol. The fraction of sp³-hybridized carbons (Fsp3) is 0.0909. The van der Waals surface area contributed by atoms with Crippen LogP contribution in [0.4, 0.5) is 5.69 Å². The number of nitrogens with zero attached hydrogens (tertiary/aromatic N) is 1.